The van der Waals surface area contributed by atoms with Gasteiger partial charge in [0.15, 0.2) is 11.0 Å². The van der Waals surface area contributed by atoms with Gasteiger partial charge in [-0.15, -0.1) is 16.8 Å². The summed E-state index contributed by atoms with van der Waals surface area (Å²) >= 11 is 1.31. The largest absolute Gasteiger partial charge is 0.342 e. The van der Waals surface area contributed by atoms with Crippen molar-refractivity contribution in [2.75, 3.05) is 11.1 Å². The fourth-order valence-corrected chi connectivity index (χ4v) is 4.34. The highest BCUT2D eigenvalue weighted by Crippen LogP contribution is 2.24. The van der Waals surface area contributed by atoms with Gasteiger partial charge in [0, 0.05) is 17.8 Å². The van der Waals surface area contributed by atoms with Crippen molar-refractivity contribution >= 4 is 29.3 Å². The van der Waals surface area contributed by atoms with Crippen LogP contribution in [0.5, 0.6) is 0 Å². The Labute approximate surface area is 205 Å². The summed E-state index contributed by atoms with van der Waals surface area (Å²) in [6, 6.07) is 13.0. The molecule has 0 saturated heterocycles. The number of nitrogens with zero attached hydrogens (tertiary/aromatic N) is 3. The molecule has 0 spiro atoms. The van der Waals surface area contributed by atoms with E-state index >= 15 is 0 Å². The Morgan fingerprint density at radius 2 is 1.88 bits per heavy atom. The van der Waals surface area contributed by atoms with Crippen LogP contribution in [0, 0.1) is 13.8 Å². The lowest BCUT2D eigenvalue weighted by Gasteiger charge is -2.15. The first-order valence-electron chi connectivity index (χ1n) is 11.3. The van der Waals surface area contributed by atoms with Crippen LogP contribution in [0.25, 0.3) is 0 Å². The summed E-state index contributed by atoms with van der Waals surface area (Å²) in [5.74, 6) is 0.510. The molecule has 0 bridgehead atoms. The number of aryl methyl sites for hydroxylation is 3. The van der Waals surface area contributed by atoms with E-state index in [1.807, 2.05) is 55.7 Å². The summed E-state index contributed by atoms with van der Waals surface area (Å²) in [5.41, 5.74) is 4.69. The van der Waals surface area contributed by atoms with Crippen molar-refractivity contribution in [1.29, 1.82) is 0 Å². The van der Waals surface area contributed by atoms with Crippen molar-refractivity contribution in [2.24, 2.45) is 0 Å². The van der Waals surface area contributed by atoms with Gasteiger partial charge in [-0.2, -0.15) is 0 Å². The van der Waals surface area contributed by atoms with Crippen LogP contribution in [0.2, 0.25) is 0 Å². The van der Waals surface area contributed by atoms with Crippen molar-refractivity contribution in [1.82, 2.24) is 20.1 Å². The molecular formula is C26H31N5O2S. The summed E-state index contributed by atoms with van der Waals surface area (Å²) in [4.78, 5) is 25.3. The van der Waals surface area contributed by atoms with Crippen molar-refractivity contribution in [3.05, 3.63) is 83.2 Å². The smallest absolute Gasteiger partial charge is 0.251 e. The van der Waals surface area contributed by atoms with E-state index in [-0.39, 0.29) is 23.6 Å². The molecule has 2 aromatic carbocycles. The zero-order valence-corrected chi connectivity index (χ0v) is 20.9. The van der Waals surface area contributed by atoms with Gasteiger partial charge in [-0.1, -0.05) is 60.7 Å². The lowest BCUT2D eigenvalue weighted by molar-refractivity contribution is -0.113. The molecule has 0 saturated carbocycles. The van der Waals surface area contributed by atoms with Gasteiger partial charge >= 0.3 is 0 Å². The number of allylic oxidation sites excluding steroid dienone is 1. The van der Waals surface area contributed by atoms with E-state index in [2.05, 4.69) is 34.3 Å². The molecule has 8 heteroatoms. The first kappa shape index (κ1) is 25.2. The zero-order valence-electron chi connectivity index (χ0n) is 20.1. The molecule has 1 heterocycles. The van der Waals surface area contributed by atoms with E-state index in [1.54, 1.807) is 18.2 Å². The maximum Gasteiger partial charge on any atom is 0.251 e. The maximum absolute atomic E-state index is 12.7. The Hall–Kier alpha value is -3.39. The molecule has 3 aromatic rings. The molecule has 2 N–H and O–H groups in total. The van der Waals surface area contributed by atoms with E-state index in [4.69, 9.17) is 0 Å². The molecule has 0 aliphatic carbocycles. The molecule has 1 aromatic heterocycles. The average molecular weight is 478 g/mol. The lowest BCUT2D eigenvalue weighted by atomic mass is 10.1. The zero-order chi connectivity index (χ0) is 24.7. The standard InChI is InChI=1S/C26H31N5O2S/c1-6-15-31-24(19(5)27-25(33)21-13-11-17(3)12-14-21)29-30-26(31)34-16-22(32)28-23-18(4)9-8-10-20(23)7-2/h6,8-14,19H,1,7,15-16H2,2-5H3,(H,27,33)(H,28,32)/t19-/m1/s1. The second-order valence-corrected chi connectivity index (χ2v) is 9.04. The molecule has 2 amide bonds. The topological polar surface area (TPSA) is 88.9 Å². The molecule has 34 heavy (non-hydrogen) atoms. The van der Waals surface area contributed by atoms with Crippen molar-refractivity contribution in [3.8, 4) is 0 Å². The summed E-state index contributed by atoms with van der Waals surface area (Å²) in [7, 11) is 0. The summed E-state index contributed by atoms with van der Waals surface area (Å²) in [6.07, 6.45) is 2.58. The minimum atomic E-state index is -0.372. The van der Waals surface area contributed by atoms with Crippen LogP contribution in [0.1, 0.15) is 52.8 Å². The Morgan fingerprint density at radius 3 is 2.56 bits per heavy atom. The first-order chi connectivity index (χ1) is 16.3. The van der Waals surface area contributed by atoms with E-state index < -0.39 is 0 Å². The van der Waals surface area contributed by atoms with Crippen LogP contribution in [0.15, 0.2) is 60.3 Å². The van der Waals surface area contributed by atoms with Crippen LogP contribution >= 0.6 is 11.8 Å². The first-order valence-corrected chi connectivity index (χ1v) is 12.2. The SMILES string of the molecule is C=CCn1c(SCC(=O)Nc2c(C)cccc2CC)nnc1[C@@H](C)NC(=O)c1ccc(C)cc1. The highest BCUT2D eigenvalue weighted by Gasteiger charge is 2.20. The average Bonchev–Trinajstić information content (AvgIpc) is 3.22. The van der Waals surface area contributed by atoms with Gasteiger partial charge in [-0.25, -0.2) is 0 Å². The Bertz CT molecular complexity index is 1170. The molecule has 0 aliphatic heterocycles. The van der Waals surface area contributed by atoms with Gasteiger partial charge in [0.1, 0.15) is 0 Å². The molecule has 178 valence electrons. The van der Waals surface area contributed by atoms with Crippen LogP contribution in [-0.2, 0) is 17.8 Å². The predicted octanol–water partition coefficient (Wildman–Crippen LogP) is 4.87. The molecule has 7 nitrogen and oxygen atoms in total. The maximum atomic E-state index is 12.7. The van der Waals surface area contributed by atoms with Crippen LogP contribution in [0.3, 0.4) is 0 Å². The number of hydrogen-bond acceptors (Lipinski definition) is 5. The fourth-order valence-electron chi connectivity index (χ4n) is 3.58. The quantitative estimate of drug-likeness (QED) is 0.321. The number of rotatable bonds is 10. The number of nitrogens with one attached hydrogen (secondary N) is 2. The van der Waals surface area contributed by atoms with E-state index in [0.29, 0.717) is 23.1 Å². The Kier molecular flexibility index (Phi) is 8.65. The van der Waals surface area contributed by atoms with E-state index in [9.17, 15) is 9.59 Å². The van der Waals surface area contributed by atoms with Crippen molar-refractivity contribution in [3.63, 3.8) is 0 Å². The predicted molar refractivity (Wildman–Crippen MR) is 137 cm³/mol. The number of carbonyl (C=O) groups excluding carboxylic acids is 2. The number of amides is 2. The molecule has 1 atom stereocenters. The molecular weight excluding hydrogens is 446 g/mol. The Morgan fingerprint density at radius 1 is 1.15 bits per heavy atom. The normalized spacial score (nSPS) is 11.6. The van der Waals surface area contributed by atoms with E-state index in [1.165, 1.54) is 11.8 Å². The number of para-hydroxylation sites is 1. The molecule has 0 radical (unpaired) electrons. The molecule has 0 unspecified atom stereocenters. The number of carbonyl (C=O) groups is 2. The minimum absolute atomic E-state index is 0.107. The highest BCUT2D eigenvalue weighted by molar-refractivity contribution is 7.99. The molecule has 3 rings (SSSR count). The van der Waals surface area contributed by atoms with Gasteiger partial charge in [-0.05, 0) is 50.5 Å². The third-order valence-electron chi connectivity index (χ3n) is 5.44. The van der Waals surface area contributed by atoms with Gasteiger partial charge in [0.25, 0.3) is 5.91 Å². The molecule has 0 aliphatic rings. The summed E-state index contributed by atoms with van der Waals surface area (Å²) in [5, 5.41) is 15.2. The Balaban J connectivity index is 1.68. The number of thioether (sulfide) groups is 1. The number of aromatic nitrogens is 3. The summed E-state index contributed by atoms with van der Waals surface area (Å²) < 4.78 is 1.87. The monoisotopic (exact) mass is 477 g/mol. The third kappa shape index (κ3) is 6.14. The lowest BCUT2D eigenvalue weighted by Crippen LogP contribution is -2.28. The number of benzene rings is 2. The second-order valence-electron chi connectivity index (χ2n) is 8.10. The number of anilines is 1. The van der Waals surface area contributed by atoms with Crippen LogP contribution in [0.4, 0.5) is 5.69 Å². The van der Waals surface area contributed by atoms with Crippen molar-refractivity contribution in [2.45, 2.75) is 51.9 Å². The van der Waals surface area contributed by atoms with Gasteiger partial charge < -0.3 is 15.2 Å². The van der Waals surface area contributed by atoms with Crippen molar-refractivity contribution < 1.29 is 9.59 Å². The van der Waals surface area contributed by atoms with Gasteiger partial charge in [0.2, 0.25) is 5.91 Å². The highest BCUT2D eigenvalue weighted by atomic mass is 32.2. The van der Waals surface area contributed by atoms with Gasteiger partial charge in [0.05, 0.1) is 11.8 Å². The number of hydrogen-bond donors (Lipinski definition) is 2. The third-order valence-corrected chi connectivity index (χ3v) is 6.41. The fraction of sp³-hybridized carbons (Fsp3) is 0.308. The minimum Gasteiger partial charge on any atom is -0.342 e. The molecule has 0 fully saturated rings. The van der Waals surface area contributed by atoms with Crippen LogP contribution < -0.4 is 10.6 Å². The van der Waals surface area contributed by atoms with Crippen LogP contribution in [-0.4, -0.2) is 32.3 Å². The second kappa shape index (κ2) is 11.7. The van der Waals surface area contributed by atoms with Gasteiger partial charge in [-0.3, -0.25) is 9.59 Å². The summed E-state index contributed by atoms with van der Waals surface area (Å²) in [6.45, 7) is 12.2. The van der Waals surface area contributed by atoms with E-state index in [0.717, 1.165) is 28.8 Å².